The third-order valence-corrected chi connectivity index (χ3v) is 4.61. The minimum atomic E-state index is -0.279. The maximum absolute atomic E-state index is 12.6. The van der Waals surface area contributed by atoms with Crippen LogP contribution in [0, 0.1) is 6.92 Å². The summed E-state index contributed by atoms with van der Waals surface area (Å²) in [5.41, 5.74) is 3.21. The third kappa shape index (κ3) is 4.35. The van der Waals surface area contributed by atoms with Crippen molar-refractivity contribution in [3.8, 4) is 11.5 Å². The lowest BCUT2D eigenvalue weighted by Crippen LogP contribution is -2.13. The van der Waals surface area contributed by atoms with Gasteiger partial charge in [-0.2, -0.15) is 0 Å². The molecule has 1 heterocycles. The van der Waals surface area contributed by atoms with Gasteiger partial charge < -0.3 is 20.1 Å². The molecule has 0 radical (unpaired) electrons. The molecule has 2 aromatic carbocycles. The first-order valence-electron chi connectivity index (χ1n) is 8.52. The molecule has 1 aromatic heterocycles. The smallest absolute Gasteiger partial charge is 0.257 e. The molecule has 0 unspecified atom stereocenters. The van der Waals surface area contributed by atoms with Gasteiger partial charge in [0.25, 0.3) is 5.91 Å². The summed E-state index contributed by atoms with van der Waals surface area (Å²) in [6.45, 7) is 1.85. The van der Waals surface area contributed by atoms with Crippen LogP contribution in [0.1, 0.15) is 15.9 Å². The van der Waals surface area contributed by atoms with Crippen LogP contribution in [0.25, 0.3) is 0 Å². The number of carbonyl (C=O) groups is 1. The molecular weight excluding hydrogens is 378 g/mol. The lowest BCUT2D eigenvalue weighted by Gasteiger charge is -2.13. The highest BCUT2D eigenvalue weighted by Gasteiger charge is 2.12. The van der Waals surface area contributed by atoms with E-state index in [1.165, 1.54) is 6.20 Å². The molecule has 28 heavy (non-hydrogen) atoms. The second-order valence-corrected chi connectivity index (χ2v) is 6.43. The van der Waals surface area contributed by atoms with E-state index in [0.717, 1.165) is 5.56 Å². The monoisotopic (exact) mass is 397 g/mol. The Kier molecular flexibility index (Phi) is 6.01. The Hall–Kier alpha value is -3.25. The highest BCUT2D eigenvalue weighted by Crippen LogP contribution is 2.31. The van der Waals surface area contributed by atoms with Gasteiger partial charge in [-0.1, -0.05) is 17.7 Å². The van der Waals surface area contributed by atoms with E-state index in [1.807, 2.05) is 6.92 Å². The summed E-state index contributed by atoms with van der Waals surface area (Å²) in [5.74, 6) is 1.05. The number of anilines is 3. The van der Waals surface area contributed by atoms with Crippen molar-refractivity contribution in [1.29, 1.82) is 0 Å². The number of amides is 1. The summed E-state index contributed by atoms with van der Waals surface area (Å²) in [4.78, 5) is 16.8. The number of hydrogen-bond acceptors (Lipinski definition) is 5. The van der Waals surface area contributed by atoms with Crippen molar-refractivity contribution in [2.75, 3.05) is 24.9 Å². The van der Waals surface area contributed by atoms with Crippen LogP contribution >= 0.6 is 11.6 Å². The van der Waals surface area contributed by atoms with E-state index in [9.17, 15) is 4.79 Å². The second kappa shape index (κ2) is 8.63. The molecule has 0 aliphatic carbocycles. The molecule has 0 spiro atoms. The SMILES string of the molecule is COc1ccc(OC)c(Nc2cncc(C(=O)Nc3cccc(Cl)c3C)c2)c1. The van der Waals surface area contributed by atoms with Gasteiger partial charge in [0.2, 0.25) is 0 Å². The number of hydrogen-bond donors (Lipinski definition) is 2. The Bertz CT molecular complexity index is 1010. The van der Waals surface area contributed by atoms with Gasteiger partial charge in [-0.25, -0.2) is 0 Å². The zero-order valence-electron chi connectivity index (χ0n) is 15.7. The topological polar surface area (TPSA) is 72.5 Å². The van der Waals surface area contributed by atoms with Crippen LogP contribution in [0.5, 0.6) is 11.5 Å². The van der Waals surface area contributed by atoms with Crippen molar-refractivity contribution >= 4 is 34.6 Å². The quantitative estimate of drug-likeness (QED) is 0.608. The molecule has 0 bridgehead atoms. The Labute approximate surface area is 168 Å². The van der Waals surface area contributed by atoms with Crippen LogP contribution < -0.4 is 20.1 Å². The van der Waals surface area contributed by atoms with Crippen molar-refractivity contribution in [3.63, 3.8) is 0 Å². The van der Waals surface area contributed by atoms with E-state index >= 15 is 0 Å². The van der Waals surface area contributed by atoms with E-state index < -0.39 is 0 Å². The number of rotatable bonds is 6. The van der Waals surface area contributed by atoms with Gasteiger partial charge in [0.15, 0.2) is 0 Å². The fourth-order valence-corrected chi connectivity index (χ4v) is 2.81. The van der Waals surface area contributed by atoms with Crippen LogP contribution in [0.3, 0.4) is 0 Å². The lowest BCUT2D eigenvalue weighted by atomic mass is 10.2. The van der Waals surface area contributed by atoms with E-state index in [0.29, 0.717) is 39.1 Å². The maximum atomic E-state index is 12.6. The average molecular weight is 398 g/mol. The Morgan fingerprint density at radius 2 is 1.86 bits per heavy atom. The first-order valence-corrected chi connectivity index (χ1v) is 8.90. The van der Waals surface area contributed by atoms with Crippen LogP contribution in [-0.2, 0) is 0 Å². The maximum Gasteiger partial charge on any atom is 0.257 e. The summed E-state index contributed by atoms with van der Waals surface area (Å²) in [5, 5.41) is 6.67. The Balaban J connectivity index is 1.82. The zero-order valence-corrected chi connectivity index (χ0v) is 16.5. The van der Waals surface area contributed by atoms with Crippen LogP contribution in [0.4, 0.5) is 17.1 Å². The number of benzene rings is 2. The van der Waals surface area contributed by atoms with Gasteiger partial charge in [0.1, 0.15) is 11.5 Å². The molecule has 144 valence electrons. The van der Waals surface area contributed by atoms with Gasteiger partial charge in [-0.15, -0.1) is 0 Å². The first kappa shape index (κ1) is 19.5. The van der Waals surface area contributed by atoms with Gasteiger partial charge >= 0.3 is 0 Å². The number of ether oxygens (including phenoxy) is 2. The minimum Gasteiger partial charge on any atom is -0.497 e. The number of nitrogens with zero attached hydrogens (tertiary/aromatic N) is 1. The van der Waals surface area contributed by atoms with Gasteiger partial charge in [0.05, 0.1) is 37.4 Å². The number of carbonyl (C=O) groups excluding carboxylic acids is 1. The van der Waals surface area contributed by atoms with Crippen molar-refractivity contribution < 1.29 is 14.3 Å². The molecule has 0 aliphatic heterocycles. The molecule has 0 fully saturated rings. The van der Waals surface area contributed by atoms with E-state index in [4.69, 9.17) is 21.1 Å². The summed E-state index contributed by atoms with van der Waals surface area (Å²) < 4.78 is 10.6. The average Bonchev–Trinajstić information content (AvgIpc) is 2.71. The lowest BCUT2D eigenvalue weighted by molar-refractivity contribution is 0.102. The molecule has 7 heteroatoms. The van der Waals surface area contributed by atoms with Gasteiger partial charge in [0, 0.05) is 23.0 Å². The van der Waals surface area contributed by atoms with E-state index in [1.54, 1.807) is 62.9 Å². The minimum absolute atomic E-state index is 0.279. The van der Waals surface area contributed by atoms with Crippen LogP contribution in [-0.4, -0.2) is 25.1 Å². The normalized spacial score (nSPS) is 10.3. The predicted molar refractivity (Wildman–Crippen MR) is 111 cm³/mol. The molecule has 6 nitrogen and oxygen atoms in total. The number of nitrogens with one attached hydrogen (secondary N) is 2. The van der Waals surface area contributed by atoms with E-state index in [-0.39, 0.29) is 5.91 Å². The number of halogens is 1. The van der Waals surface area contributed by atoms with Gasteiger partial charge in [-0.3, -0.25) is 9.78 Å². The van der Waals surface area contributed by atoms with Gasteiger partial charge in [-0.05, 0) is 42.8 Å². The molecule has 0 atom stereocenters. The molecular formula is C21H20ClN3O3. The zero-order chi connectivity index (χ0) is 20.1. The summed E-state index contributed by atoms with van der Waals surface area (Å²) in [6, 6.07) is 12.5. The largest absolute Gasteiger partial charge is 0.497 e. The molecule has 0 saturated carbocycles. The number of aromatic nitrogens is 1. The highest BCUT2D eigenvalue weighted by atomic mass is 35.5. The fourth-order valence-electron chi connectivity index (χ4n) is 2.64. The summed E-state index contributed by atoms with van der Waals surface area (Å²) in [7, 11) is 3.18. The Morgan fingerprint density at radius 1 is 1.04 bits per heavy atom. The summed E-state index contributed by atoms with van der Waals surface area (Å²) >= 11 is 6.12. The second-order valence-electron chi connectivity index (χ2n) is 6.02. The molecule has 1 amide bonds. The van der Waals surface area contributed by atoms with Crippen molar-refractivity contribution in [3.05, 3.63) is 71.0 Å². The highest BCUT2D eigenvalue weighted by molar-refractivity contribution is 6.31. The molecule has 0 saturated heterocycles. The predicted octanol–water partition coefficient (Wildman–Crippen LogP) is 5.06. The van der Waals surface area contributed by atoms with Crippen molar-refractivity contribution in [2.24, 2.45) is 0 Å². The van der Waals surface area contributed by atoms with Crippen molar-refractivity contribution in [2.45, 2.75) is 6.92 Å². The van der Waals surface area contributed by atoms with Crippen LogP contribution in [0.15, 0.2) is 54.9 Å². The molecule has 3 aromatic rings. The number of pyridine rings is 1. The first-order chi connectivity index (χ1) is 13.5. The van der Waals surface area contributed by atoms with E-state index in [2.05, 4.69) is 15.6 Å². The number of methoxy groups -OCH3 is 2. The summed E-state index contributed by atoms with van der Waals surface area (Å²) in [6.07, 6.45) is 3.13. The molecule has 0 aliphatic rings. The molecule has 3 rings (SSSR count). The van der Waals surface area contributed by atoms with Crippen molar-refractivity contribution in [1.82, 2.24) is 4.98 Å². The fraction of sp³-hybridized carbons (Fsp3) is 0.143. The Morgan fingerprint density at radius 3 is 2.61 bits per heavy atom. The third-order valence-electron chi connectivity index (χ3n) is 4.20. The van der Waals surface area contributed by atoms with Crippen LogP contribution in [0.2, 0.25) is 5.02 Å². The molecule has 2 N–H and O–H groups in total. The standard InChI is InChI=1S/C21H20ClN3O3/c1-13-17(22)5-4-6-18(13)25-21(26)14-9-15(12-23-11-14)24-19-10-16(27-2)7-8-20(19)28-3/h4-12,24H,1-3H3,(H,25,26).